The Bertz CT molecular complexity index is 965. The van der Waals surface area contributed by atoms with Crippen molar-refractivity contribution in [1.82, 2.24) is 15.5 Å². The van der Waals surface area contributed by atoms with E-state index >= 15 is 0 Å². The lowest BCUT2D eigenvalue weighted by atomic mass is 10.0. The minimum Gasteiger partial charge on any atom is -0.363 e. The third kappa shape index (κ3) is 2.24. The molecule has 0 aliphatic carbocycles. The molecule has 5 rings (SSSR count). The van der Waals surface area contributed by atoms with Crippen molar-refractivity contribution >= 4 is 29.3 Å². The lowest BCUT2D eigenvalue weighted by Crippen LogP contribution is -2.54. The molecule has 4 heterocycles. The van der Waals surface area contributed by atoms with Crippen LogP contribution in [0.1, 0.15) is 40.0 Å². The molecule has 4 aliphatic heterocycles. The highest BCUT2D eigenvalue weighted by Gasteiger charge is 2.49. The molecule has 0 spiro atoms. The van der Waals surface area contributed by atoms with Crippen LogP contribution in [0, 0.1) is 11.6 Å². The van der Waals surface area contributed by atoms with Crippen molar-refractivity contribution in [3.8, 4) is 0 Å². The van der Waals surface area contributed by atoms with Gasteiger partial charge in [-0.25, -0.2) is 8.78 Å². The van der Waals surface area contributed by atoms with Gasteiger partial charge < -0.3 is 10.2 Å². The van der Waals surface area contributed by atoms with Crippen molar-refractivity contribution in [2.24, 2.45) is 0 Å². The fourth-order valence-electron chi connectivity index (χ4n) is 4.66. The molecule has 3 unspecified atom stereocenters. The Hall–Kier alpha value is -2.88. The first-order valence-electron chi connectivity index (χ1n) is 9.10. The van der Waals surface area contributed by atoms with Crippen molar-refractivity contribution in [2.45, 2.75) is 37.4 Å². The second-order valence-electron chi connectivity index (χ2n) is 7.54. The van der Waals surface area contributed by atoms with Crippen LogP contribution in [-0.2, 0) is 9.59 Å². The molecule has 2 bridgehead atoms. The summed E-state index contributed by atoms with van der Waals surface area (Å²) in [6, 6.07) is -0.451. The largest absolute Gasteiger partial charge is 0.363 e. The second kappa shape index (κ2) is 5.81. The van der Waals surface area contributed by atoms with Gasteiger partial charge in [-0.2, -0.15) is 0 Å². The number of imide groups is 2. The number of amides is 4. The number of benzene rings is 1. The van der Waals surface area contributed by atoms with Crippen molar-refractivity contribution in [1.29, 1.82) is 0 Å². The van der Waals surface area contributed by atoms with Gasteiger partial charge >= 0.3 is 0 Å². The van der Waals surface area contributed by atoms with Crippen LogP contribution in [0.2, 0.25) is 0 Å². The number of carbonyl (C=O) groups is 4. The number of piperazine rings is 1. The summed E-state index contributed by atoms with van der Waals surface area (Å²) in [7, 11) is 0. The summed E-state index contributed by atoms with van der Waals surface area (Å²) in [6.45, 7) is 0.978. The van der Waals surface area contributed by atoms with Gasteiger partial charge in [-0.3, -0.25) is 29.4 Å². The highest BCUT2D eigenvalue weighted by atomic mass is 19.2. The van der Waals surface area contributed by atoms with Crippen LogP contribution in [0.25, 0.3) is 0 Å². The molecule has 0 aromatic heterocycles. The van der Waals surface area contributed by atoms with Gasteiger partial charge in [-0.1, -0.05) is 0 Å². The molecule has 8 nitrogen and oxygen atoms in total. The van der Waals surface area contributed by atoms with E-state index in [0.29, 0.717) is 19.2 Å². The highest BCUT2D eigenvalue weighted by Crippen LogP contribution is 2.40. The van der Waals surface area contributed by atoms with E-state index in [2.05, 4.69) is 10.6 Å². The van der Waals surface area contributed by atoms with Crippen LogP contribution in [0.4, 0.5) is 14.5 Å². The van der Waals surface area contributed by atoms with E-state index in [1.807, 2.05) is 0 Å². The predicted octanol–water partition coefficient (Wildman–Crippen LogP) is -0.0835. The van der Waals surface area contributed by atoms with Crippen LogP contribution in [0.5, 0.6) is 0 Å². The smallest absolute Gasteiger partial charge is 0.264 e. The Morgan fingerprint density at radius 1 is 1.11 bits per heavy atom. The minimum absolute atomic E-state index is 0.0191. The molecule has 1 aromatic rings. The molecule has 146 valence electrons. The molecule has 3 atom stereocenters. The van der Waals surface area contributed by atoms with Crippen molar-refractivity contribution in [3.63, 3.8) is 0 Å². The van der Waals surface area contributed by atoms with E-state index in [1.54, 1.807) is 4.90 Å². The monoisotopic (exact) mass is 390 g/mol. The summed E-state index contributed by atoms with van der Waals surface area (Å²) >= 11 is 0. The second-order valence-corrected chi connectivity index (χ2v) is 7.54. The van der Waals surface area contributed by atoms with E-state index in [0.717, 1.165) is 11.3 Å². The lowest BCUT2D eigenvalue weighted by Gasteiger charge is -2.31. The molecule has 4 amide bonds. The Labute approximate surface area is 157 Å². The molecule has 3 saturated heterocycles. The van der Waals surface area contributed by atoms with Crippen LogP contribution < -0.4 is 15.5 Å². The SMILES string of the molecule is O=C1CCC(N2C(=O)c3cc(F)c(F)c(N4CC5CC4CN5)c3C2=O)C(=O)N1. The Morgan fingerprint density at radius 2 is 1.89 bits per heavy atom. The molecule has 1 aromatic carbocycles. The highest BCUT2D eigenvalue weighted by molar-refractivity contribution is 6.25. The number of fused-ring (bicyclic) bond motifs is 3. The average molecular weight is 390 g/mol. The molecule has 2 N–H and O–H groups in total. The van der Waals surface area contributed by atoms with Gasteiger partial charge in [-0.15, -0.1) is 0 Å². The van der Waals surface area contributed by atoms with Gasteiger partial charge in [0.15, 0.2) is 11.6 Å². The molecule has 28 heavy (non-hydrogen) atoms. The maximum absolute atomic E-state index is 14.8. The summed E-state index contributed by atoms with van der Waals surface area (Å²) in [6.07, 6.45) is 0.694. The zero-order valence-corrected chi connectivity index (χ0v) is 14.6. The molecule has 10 heteroatoms. The number of carbonyl (C=O) groups excluding carboxylic acids is 4. The Morgan fingerprint density at radius 3 is 2.54 bits per heavy atom. The number of rotatable bonds is 2. The first kappa shape index (κ1) is 17.2. The van der Waals surface area contributed by atoms with Crippen molar-refractivity contribution in [3.05, 3.63) is 28.8 Å². The fourth-order valence-corrected chi connectivity index (χ4v) is 4.66. The number of hydrogen-bond donors (Lipinski definition) is 2. The normalized spacial score (nSPS) is 29.0. The Balaban J connectivity index is 1.60. The van der Waals surface area contributed by atoms with Gasteiger partial charge in [0.1, 0.15) is 6.04 Å². The Kier molecular flexibility index (Phi) is 3.57. The van der Waals surface area contributed by atoms with Gasteiger partial charge in [0, 0.05) is 31.6 Å². The van der Waals surface area contributed by atoms with Gasteiger partial charge in [0.2, 0.25) is 11.8 Å². The summed E-state index contributed by atoms with van der Waals surface area (Å²) < 4.78 is 29.1. The van der Waals surface area contributed by atoms with Crippen LogP contribution in [0.3, 0.4) is 0 Å². The van der Waals surface area contributed by atoms with Crippen molar-refractivity contribution in [2.75, 3.05) is 18.0 Å². The number of hydrogen-bond acceptors (Lipinski definition) is 6. The number of piperidine rings is 1. The third-order valence-electron chi connectivity index (χ3n) is 5.94. The molecule has 3 fully saturated rings. The average Bonchev–Trinajstić information content (AvgIpc) is 3.33. The zero-order chi connectivity index (χ0) is 19.7. The van der Waals surface area contributed by atoms with Crippen LogP contribution in [-0.4, -0.2) is 59.7 Å². The molecule has 0 saturated carbocycles. The van der Waals surface area contributed by atoms with E-state index in [4.69, 9.17) is 0 Å². The van der Waals surface area contributed by atoms with E-state index in [9.17, 15) is 28.0 Å². The summed E-state index contributed by atoms with van der Waals surface area (Å²) in [5.41, 5.74) is -0.669. The standard InChI is InChI=1S/C18H16F2N4O4/c19-10-4-9-13(15(14(10)20)23-6-7-3-8(23)5-21-7)18(28)24(17(9)27)11-1-2-12(25)22-16(11)26/h4,7-8,11,21H,1-3,5-6H2,(H,22,25,26). The van der Waals surface area contributed by atoms with E-state index in [1.165, 1.54) is 0 Å². The summed E-state index contributed by atoms with van der Waals surface area (Å²) in [5, 5.41) is 5.34. The molecular weight excluding hydrogens is 374 g/mol. The number of anilines is 1. The molecule has 4 aliphatic rings. The molecular formula is C18H16F2N4O4. The van der Waals surface area contributed by atoms with Crippen LogP contribution >= 0.6 is 0 Å². The first-order chi connectivity index (χ1) is 13.4. The van der Waals surface area contributed by atoms with Gasteiger partial charge in [-0.05, 0) is 18.9 Å². The summed E-state index contributed by atoms with van der Waals surface area (Å²) in [4.78, 5) is 51.8. The zero-order valence-electron chi connectivity index (χ0n) is 14.6. The van der Waals surface area contributed by atoms with Gasteiger partial charge in [0.25, 0.3) is 11.8 Å². The summed E-state index contributed by atoms with van der Waals surface area (Å²) in [5.74, 6) is -5.32. The first-order valence-corrected chi connectivity index (χ1v) is 9.10. The fraction of sp³-hybridized carbons (Fsp3) is 0.444. The van der Waals surface area contributed by atoms with Crippen LogP contribution in [0.15, 0.2) is 6.07 Å². The number of nitrogens with zero attached hydrogens (tertiary/aromatic N) is 2. The maximum atomic E-state index is 14.8. The molecule has 0 radical (unpaired) electrons. The number of nitrogens with one attached hydrogen (secondary N) is 2. The van der Waals surface area contributed by atoms with E-state index < -0.39 is 41.3 Å². The van der Waals surface area contributed by atoms with E-state index in [-0.39, 0.29) is 41.7 Å². The minimum atomic E-state index is -1.21. The quantitative estimate of drug-likeness (QED) is 0.686. The van der Waals surface area contributed by atoms with Gasteiger partial charge in [0.05, 0.1) is 16.8 Å². The topological polar surface area (TPSA) is 98.8 Å². The lowest BCUT2D eigenvalue weighted by molar-refractivity contribution is -0.136. The number of halogens is 2. The third-order valence-corrected chi connectivity index (χ3v) is 5.94. The van der Waals surface area contributed by atoms with Crippen molar-refractivity contribution < 1.29 is 28.0 Å². The maximum Gasteiger partial charge on any atom is 0.264 e. The predicted molar refractivity (Wildman–Crippen MR) is 90.6 cm³/mol.